The van der Waals surface area contributed by atoms with E-state index < -0.39 is 10.0 Å². The highest BCUT2D eigenvalue weighted by Crippen LogP contribution is 2.36. The molecule has 0 spiro atoms. The molecular weight excluding hydrogens is 376 g/mol. The molecule has 2 saturated heterocycles. The standard InChI is InChI=1S/C14H19BrN2O2S.ClH/c1-10-2-5-13(15)14(8-10)20(18,19)17-11-3-4-12(17)9-16-7-6-11;/h2,5,8,11-12,16H,3-4,6-7,9H2,1H3;1H. The molecular formula is C14H20BrClN2O2S. The second-order valence-electron chi connectivity index (χ2n) is 5.65. The topological polar surface area (TPSA) is 49.4 Å². The van der Waals surface area contributed by atoms with Crippen LogP contribution in [0.5, 0.6) is 0 Å². The summed E-state index contributed by atoms with van der Waals surface area (Å²) >= 11 is 3.39. The fourth-order valence-electron chi connectivity index (χ4n) is 3.25. The van der Waals surface area contributed by atoms with Crippen LogP contribution in [0, 0.1) is 6.92 Å². The zero-order valence-corrected chi connectivity index (χ0v) is 15.1. The van der Waals surface area contributed by atoms with Gasteiger partial charge in [0.2, 0.25) is 10.0 Å². The van der Waals surface area contributed by atoms with Crippen LogP contribution in [0.1, 0.15) is 24.8 Å². The summed E-state index contributed by atoms with van der Waals surface area (Å²) in [4.78, 5) is 0.399. The third kappa shape index (κ3) is 3.15. The van der Waals surface area contributed by atoms with Crippen molar-refractivity contribution in [2.24, 2.45) is 0 Å². The number of fused-ring (bicyclic) bond motifs is 2. The van der Waals surface area contributed by atoms with E-state index in [1.54, 1.807) is 10.4 Å². The molecule has 1 aromatic rings. The SMILES string of the molecule is Cc1ccc(Br)c(S(=O)(=O)N2C3CCNCC2CC3)c1.Cl. The monoisotopic (exact) mass is 394 g/mol. The van der Waals surface area contributed by atoms with Crippen molar-refractivity contribution >= 4 is 38.4 Å². The Balaban J connectivity index is 0.00000161. The van der Waals surface area contributed by atoms with Crippen molar-refractivity contribution in [3.05, 3.63) is 28.2 Å². The van der Waals surface area contributed by atoms with Gasteiger partial charge in [0.1, 0.15) is 0 Å². The van der Waals surface area contributed by atoms with E-state index in [-0.39, 0.29) is 24.5 Å². The van der Waals surface area contributed by atoms with Crippen molar-refractivity contribution in [2.45, 2.75) is 43.2 Å². The molecule has 2 aliphatic rings. The van der Waals surface area contributed by atoms with Crippen LogP contribution >= 0.6 is 28.3 Å². The molecule has 0 aromatic heterocycles. The van der Waals surface area contributed by atoms with Gasteiger partial charge in [-0.1, -0.05) is 6.07 Å². The third-order valence-corrected chi connectivity index (χ3v) is 7.23. The molecule has 0 aliphatic carbocycles. The molecule has 2 bridgehead atoms. The first-order valence-corrected chi connectivity index (χ1v) is 9.24. The molecule has 1 aromatic carbocycles. The number of sulfonamides is 1. The summed E-state index contributed by atoms with van der Waals surface area (Å²) in [5, 5.41) is 3.34. The maximum Gasteiger partial charge on any atom is 0.244 e. The lowest BCUT2D eigenvalue weighted by Crippen LogP contribution is -2.42. The van der Waals surface area contributed by atoms with Crippen molar-refractivity contribution in [1.82, 2.24) is 9.62 Å². The highest BCUT2D eigenvalue weighted by Gasteiger charge is 2.43. The predicted octanol–water partition coefficient (Wildman–Crippen LogP) is 2.69. The summed E-state index contributed by atoms with van der Waals surface area (Å²) in [6.45, 7) is 3.59. The maximum absolute atomic E-state index is 13.0. The van der Waals surface area contributed by atoms with Gasteiger partial charge in [0.15, 0.2) is 0 Å². The fourth-order valence-corrected chi connectivity index (χ4v) is 6.17. The fraction of sp³-hybridized carbons (Fsp3) is 0.571. The van der Waals surface area contributed by atoms with Gasteiger partial charge in [-0.05, 0) is 66.4 Å². The van der Waals surface area contributed by atoms with Crippen LogP contribution in [0.4, 0.5) is 0 Å². The molecule has 2 atom stereocenters. The number of nitrogens with one attached hydrogen (secondary N) is 1. The Hall–Kier alpha value is -0.140. The van der Waals surface area contributed by atoms with Crippen LogP contribution < -0.4 is 5.32 Å². The van der Waals surface area contributed by atoms with E-state index in [0.29, 0.717) is 9.37 Å². The van der Waals surface area contributed by atoms with Crippen molar-refractivity contribution in [3.63, 3.8) is 0 Å². The van der Waals surface area contributed by atoms with Crippen LogP contribution in [0.2, 0.25) is 0 Å². The van der Waals surface area contributed by atoms with E-state index in [9.17, 15) is 8.42 Å². The lowest BCUT2D eigenvalue weighted by molar-refractivity contribution is 0.334. The molecule has 21 heavy (non-hydrogen) atoms. The lowest BCUT2D eigenvalue weighted by atomic mass is 10.1. The van der Waals surface area contributed by atoms with Crippen molar-refractivity contribution < 1.29 is 8.42 Å². The van der Waals surface area contributed by atoms with Crippen LogP contribution in [-0.2, 0) is 10.0 Å². The molecule has 0 saturated carbocycles. The maximum atomic E-state index is 13.0. The minimum absolute atomic E-state index is 0. The first-order valence-electron chi connectivity index (χ1n) is 7.00. The molecule has 2 unspecified atom stereocenters. The predicted molar refractivity (Wildman–Crippen MR) is 89.4 cm³/mol. The Morgan fingerprint density at radius 3 is 2.71 bits per heavy atom. The molecule has 1 N–H and O–H groups in total. The number of nitrogens with zero attached hydrogens (tertiary/aromatic N) is 1. The highest BCUT2D eigenvalue weighted by atomic mass is 79.9. The quantitative estimate of drug-likeness (QED) is 0.837. The summed E-state index contributed by atoms with van der Waals surface area (Å²) in [6.07, 6.45) is 2.84. The van der Waals surface area contributed by atoms with E-state index >= 15 is 0 Å². The number of halogens is 2. The first kappa shape index (κ1) is 17.2. The summed E-state index contributed by atoms with van der Waals surface area (Å²) in [5.74, 6) is 0. The van der Waals surface area contributed by atoms with Crippen LogP contribution in [0.25, 0.3) is 0 Å². The van der Waals surface area contributed by atoms with Crippen molar-refractivity contribution in [1.29, 1.82) is 0 Å². The normalized spacial score (nSPS) is 26.2. The zero-order chi connectivity index (χ0) is 14.3. The Bertz CT molecular complexity index is 609. The summed E-state index contributed by atoms with van der Waals surface area (Å²) < 4.78 is 28.5. The van der Waals surface area contributed by atoms with Crippen LogP contribution in [0.3, 0.4) is 0 Å². The molecule has 0 amide bonds. The Labute approximate surface area is 140 Å². The number of rotatable bonds is 2. The Kier molecular flexibility index (Phi) is 5.36. The molecule has 2 aliphatic heterocycles. The van der Waals surface area contributed by atoms with E-state index in [0.717, 1.165) is 37.9 Å². The van der Waals surface area contributed by atoms with Gasteiger partial charge in [-0.2, -0.15) is 4.31 Å². The van der Waals surface area contributed by atoms with Gasteiger partial charge in [0.05, 0.1) is 4.90 Å². The second-order valence-corrected chi connectivity index (χ2v) is 8.31. The van der Waals surface area contributed by atoms with Gasteiger partial charge in [-0.25, -0.2) is 8.42 Å². The van der Waals surface area contributed by atoms with Crippen molar-refractivity contribution in [2.75, 3.05) is 13.1 Å². The minimum atomic E-state index is -3.43. The largest absolute Gasteiger partial charge is 0.315 e. The highest BCUT2D eigenvalue weighted by molar-refractivity contribution is 9.10. The number of hydrogen-bond donors (Lipinski definition) is 1. The molecule has 2 fully saturated rings. The smallest absolute Gasteiger partial charge is 0.244 e. The molecule has 3 rings (SSSR count). The molecule has 2 heterocycles. The molecule has 0 radical (unpaired) electrons. The van der Waals surface area contributed by atoms with Gasteiger partial charge in [-0.3, -0.25) is 0 Å². The Morgan fingerprint density at radius 2 is 1.95 bits per heavy atom. The summed E-state index contributed by atoms with van der Waals surface area (Å²) in [5.41, 5.74) is 0.965. The van der Waals surface area contributed by atoms with Gasteiger partial charge in [-0.15, -0.1) is 12.4 Å². The molecule has 118 valence electrons. The number of aryl methyl sites for hydroxylation is 1. The summed E-state index contributed by atoms with van der Waals surface area (Å²) in [6, 6.07) is 5.74. The van der Waals surface area contributed by atoms with E-state index in [4.69, 9.17) is 0 Å². The number of benzene rings is 1. The van der Waals surface area contributed by atoms with E-state index in [1.165, 1.54) is 0 Å². The third-order valence-electron chi connectivity index (χ3n) is 4.23. The lowest BCUT2D eigenvalue weighted by Gasteiger charge is -2.27. The number of hydrogen-bond acceptors (Lipinski definition) is 3. The average molecular weight is 396 g/mol. The second kappa shape index (κ2) is 6.54. The zero-order valence-electron chi connectivity index (χ0n) is 11.9. The van der Waals surface area contributed by atoms with Gasteiger partial charge in [0, 0.05) is 23.1 Å². The summed E-state index contributed by atoms with van der Waals surface area (Å²) in [7, 11) is -3.43. The van der Waals surface area contributed by atoms with Gasteiger partial charge >= 0.3 is 0 Å². The Morgan fingerprint density at radius 1 is 1.24 bits per heavy atom. The van der Waals surface area contributed by atoms with E-state index in [2.05, 4.69) is 21.2 Å². The molecule has 4 nitrogen and oxygen atoms in total. The first-order chi connectivity index (χ1) is 9.50. The molecule has 7 heteroatoms. The minimum Gasteiger partial charge on any atom is -0.315 e. The van der Waals surface area contributed by atoms with Gasteiger partial charge in [0.25, 0.3) is 0 Å². The van der Waals surface area contributed by atoms with Gasteiger partial charge < -0.3 is 5.32 Å². The van der Waals surface area contributed by atoms with E-state index in [1.807, 2.05) is 19.1 Å². The van der Waals surface area contributed by atoms with Crippen LogP contribution in [0.15, 0.2) is 27.6 Å². The average Bonchev–Trinajstić information content (AvgIpc) is 2.66. The van der Waals surface area contributed by atoms with Crippen molar-refractivity contribution in [3.8, 4) is 0 Å². The van der Waals surface area contributed by atoms with Crippen LogP contribution in [-0.4, -0.2) is 37.9 Å².